The summed E-state index contributed by atoms with van der Waals surface area (Å²) in [5.74, 6) is -3.26. The molecule has 6 nitrogen and oxygen atoms in total. The predicted molar refractivity (Wildman–Crippen MR) is 91.0 cm³/mol. The zero-order valence-corrected chi connectivity index (χ0v) is 13.8. The van der Waals surface area contributed by atoms with Gasteiger partial charge in [-0.15, -0.1) is 0 Å². The maximum atomic E-state index is 9.10. The molecular formula is C18H22N2O4. The van der Waals surface area contributed by atoms with Crippen molar-refractivity contribution in [1.82, 2.24) is 9.88 Å². The van der Waals surface area contributed by atoms with Crippen LogP contribution in [0.25, 0.3) is 0 Å². The number of benzene rings is 1. The van der Waals surface area contributed by atoms with Crippen LogP contribution in [0.15, 0.2) is 54.7 Å². The average molecular weight is 330 g/mol. The Morgan fingerprint density at radius 2 is 1.58 bits per heavy atom. The van der Waals surface area contributed by atoms with Gasteiger partial charge in [0.15, 0.2) is 0 Å². The van der Waals surface area contributed by atoms with E-state index in [2.05, 4.69) is 66.4 Å². The monoisotopic (exact) mass is 330 g/mol. The summed E-state index contributed by atoms with van der Waals surface area (Å²) in [6.07, 6.45) is 2.97. The van der Waals surface area contributed by atoms with Crippen molar-refractivity contribution in [3.63, 3.8) is 0 Å². The number of carbonyl (C=O) groups is 2. The van der Waals surface area contributed by atoms with Crippen LogP contribution in [0.1, 0.15) is 23.6 Å². The highest BCUT2D eigenvalue weighted by atomic mass is 16.4. The largest absolute Gasteiger partial charge is 0.473 e. The maximum absolute atomic E-state index is 9.10. The summed E-state index contributed by atoms with van der Waals surface area (Å²) in [5, 5.41) is 14.8. The van der Waals surface area contributed by atoms with E-state index >= 15 is 0 Å². The maximum Gasteiger partial charge on any atom is 0.414 e. The van der Waals surface area contributed by atoms with Crippen molar-refractivity contribution < 1.29 is 19.8 Å². The fraction of sp³-hybridized carbons (Fsp3) is 0.278. The van der Waals surface area contributed by atoms with E-state index in [0.29, 0.717) is 5.92 Å². The molecule has 0 saturated heterocycles. The minimum absolute atomic E-state index is 0.384. The first-order chi connectivity index (χ1) is 11.4. The SMILES string of the molecule is CN(C)CC[C@H](c1ccccc1)c1ccccn1.O=C(O)C(=O)O. The van der Waals surface area contributed by atoms with E-state index in [1.165, 1.54) is 5.56 Å². The first-order valence-corrected chi connectivity index (χ1v) is 7.48. The summed E-state index contributed by atoms with van der Waals surface area (Å²) in [5.41, 5.74) is 2.50. The molecule has 128 valence electrons. The molecule has 1 atom stereocenters. The highest BCUT2D eigenvalue weighted by molar-refractivity contribution is 6.27. The summed E-state index contributed by atoms with van der Waals surface area (Å²) < 4.78 is 0. The number of carboxylic acids is 2. The lowest BCUT2D eigenvalue weighted by Gasteiger charge is -2.19. The first kappa shape index (κ1) is 19.3. The molecule has 0 bridgehead atoms. The van der Waals surface area contributed by atoms with E-state index in [1.54, 1.807) is 0 Å². The zero-order chi connectivity index (χ0) is 17.9. The summed E-state index contributed by atoms with van der Waals surface area (Å²) in [4.78, 5) is 24.9. The Balaban J connectivity index is 0.000000413. The van der Waals surface area contributed by atoms with Crippen LogP contribution in [-0.2, 0) is 9.59 Å². The Morgan fingerprint density at radius 1 is 1.00 bits per heavy atom. The molecule has 0 amide bonds. The Hall–Kier alpha value is -2.73. The second kappa shape index (κ2) is 10.1. The van der Waals surface area contributed by atoms with Gasteiger partial charge in [0, 0.05) is 17.8 Å². The van der Waals surface area contributed by atoms with Crippen LogP contribution in [0.2, 0.25) is 0 Å². The van der Waals surface area contributed by atoms with Gasteiger partial charge < -0.3 is 15.1 Å². The molecule has 0 aliphatic carbocycles. The number of aliphatic carboxylic acids is 2. The Kier molecular flexibility index (Phi) is 8.15. The van der Waals surface area contributed by atoms with Gasteiger partial charge in [-0.25, -0.2) is 9.59 Å². The van der Waals surface area contributed by atoms with Crippen molar-refractivity contribution in [1.29, 1.82) is 0 Å². The lowest BCUT2D eigenvalue weighted by molar-refractivity contribution is -0.159. The summed E-state index contributed by atoms with van der Waals surface area (Å²) >= 11 is 0. The van der Waals surface area contributed by atoms with Crippen molar-refractivity contribution in [2.75, 3.05) is 20.6 Å². The number of nitrogens with zero attached hydrogens (tertiary/aromatic N) is 2. The highest BCUT2D eigenvalue weighted by Gasteiger charge is 2.14. The lowest BCUT2D eigenvalue weighted by atomic mass is 9.92. The molecule has 0 radical (unpaired) electrons. The standard InChI is InChI=1S/C16H20N2.C2H2O4/c1-18(2)13-11-15(14-8-4-3-5-9-14)16-10-6-7-12-17-16;3-1(4)2(5)6/h3-10,12,15H,11,13H2,1-2H3;(H,3,4)(H,5,6)/t15-;/m1./s1. The number of rotatable bonds is 5. The van der Waals surface area contributed by atoms with Crippen molar-refractivity contribution in [3.8, 4) is 0 Å². The third-order valence-electron chi connectivity index (χ3n) is 3.29. The van der Waals surface area contributed by atoms with Gasteiger partial charge in [0.2, 0.25) is 0 Å². The van der Waals surface area contributed by atoms with Gasteiger partial charge in [-0.2, -0.15) is 0 Å². The molecular weight excluding hydrogens is 308 g/mol. The van der Waals surface area contributed by atoms with Gasteiger partial charge in [0.1, 0.15) is 0 Å². The minimum Gasteiger partial charge on any atom is -0.473 e. The van der Waals surface area contributed by atoms with E-state index in [-0.39, 0.29) is 0 Å². The van der Waals surface area contributed by atoms with E-state index in [9.17, 15) is 0 Å². The summed E-state index contributed by atoms with van der Waals surface area (Å²) in [7, 11) is 4.22. The van der Waals surface area contributed by atoms with Crippen LogP contribution < -0.4 is 0 Å². The quantitative estimate of drug-likeness (QED) is 0.818. The second-order valence-electron chi connectivity index (χ2n) is 5.42. The van der Waals surface area contributed by atoms with Crippen LogP contribution in [-0.4, -0.2) is 52.7 Å². The summed E-state index contributed by atoms with van der Waals surface area (Å²) in [6, 6.07) is 16.8. The lowest BCUT2D eigenvalue weighted by Crippen LogP contribution is -2.17. The van der Waals surface area contributed by atoms with Crippen LogP contribution in [0.4, 0.5) is 0 Å². The molecule has 6 heteroatoms. The molecule has 2 N–H and O–H groups in total. The zero-order valence-electron chi connectivity index (χ0n) is 13.8. The van der Waals surface area contributed by atoms with Gasteiger partial charge in [-0.3, -0.25) is 4.98 Å². The molecule has 1 aromatic carbocycles. The smallest absolute Gasteiger partial charge is 0.414 e. The molecule has 2 rings (SSSR count). The molecule has 24 heavy (non-hydrogen) atoms. The van der Waals surface area contributed by atoms with E-state index < -0.39 is 11.9 Å². The highest BCUT2D eigenvalue weighted by Crippen LogP contribution is 2.26. The molecule has 2 aromatic rings. The van der Waals surface area contributed by atoms with E-state index in [4.69, 9.17) is 19.8 Å². The molecule has 0 aliphatic heterocycles. The Morgan fingerprint density at radius 3 is 2.04 bits per heavy atom. The Bertz CT molecular complexity index is 578. The number of pyridine rings is 1. The summed E-state index contributed by atoms with van der Waals surface area (Å²) in [6.45, 7) is 1.07. The third kappa shape index (κ3) is 7.02. The molecule has 1 aromatic heterocycles. The van der Waals surface area contributed by atoms with Crippen LogP contribution >= 0.6 is 0 Å². The van der Waals surface area contributed by atoms with Gasteiger partial charge >= 0.3 is 11.9 Å². The van der Waals surface area contributed by atoms with Gasteiger partial charge in [0.05, 0.1) is 0 Å². The number of carboxylic acid groups (broad SMARTS) is 2. The fourth-order valence-electron chi connectivity index (χ4n) is 2.14. The third-order valence-corrected chi connectivity index (χ3v) is 3.29. The van der Waals surface area contributed by atoms with Crippen molar-refractivity contribution in [2.45, 2.75) is 12.3 Å². The second-order valence-corrected chi connectivity index (χ2v) is 5.42. The van der Waals surface area contributed by atoms with E-state index in [1.807, 2.05) is 12.3 Å². The van der Waals surface area contributed by atoms with E-state index in [0.717, 1.165) is 18.7 Å². The number of hydrogen-bond acceptors (Lipinski definition) is 4. The molecule has 0 aliphatic rings. The fourth-order valence-corrected chi connectivity index (χ4v) is 2.14. The topological polar surface area (TPSA) is 90.7 Å². The predicted octanol–water partition coefficient (Wildman–Crippen LogP) is 2.32. The normalized spacial score (nSPS) is 11.3. The van der Waals surface area contributed by atoms with Crippen LogP contribution in [0.3, 0.4) is 0 Å². The number of aromatic nitrogens is 1. The van der Waals surface area contributed by atoms with Gasteiger partial charge in [-0.1, -0.05) is 36.4 Å². The molecule has 0 unspecified atom stereocenters. The first-order valence-electron chi connectivity index (χ1n) is 7.48. The van der Waals surface area contributed by atoms with Gasteiger partial charge in [0.25, 0.3) is 0 Å². The molecule has 0 saturated carbocycles. The molecule has 0 fully saturated rings. The molecule has 0 spiro atoms. The minimum atomic E-state index is -1.82. The van der Waals surface area contributed by atoms with Gasteiger partial charge in [-0.05, 0) is 44.8 Å². The van der Waals surface area contributed by atoms with Crippen LogP contribution in [0.5, 0.6) is 0 Å². The Labute approximate surface area is 141 Å². The van der Waals surface area contributed by atoms with Crippen molar-refractivity contribution >= 4 is 11.9 Å². The van der Waals surface area contributed by atoms with Crippen molar-refractivity contribution in [2.24, 2.45) is 0 Å². The average Bonchev–Trinajstić information content (AvgIpc) is 2.57. The van der Waals surface area contributed by atoms with Crippen LogP contribution in [0, 0.1) is 0 Å². The molecule has 1 heterocycles. The number of hydrogen-bond donors (Lipinski definition) is 2. The van der Waals surface area contributed by atoms with Crippen molar-refractivity contribution in [3.05, 3.63) is 66.0 Å².